The van der Waals surface area contributed by atoms with Crippen LogP contribution in [0.25, 0.3) is 0 Å². The normalized spacial score (nSPS) is 11.2. The van der Waals surface area contributed by atoms with Crippen LogP contribution >= 0.6 is 0 Å². The van der Waals surface area contributed by atoms with E-state index in [1.807, 2.05) is 0 Å². The van der Waals surface area contributed by atoms with Crippen molar-refractivity contribution < 1.29 is 0 Å². The van der Waals surface area contributed by atoms with Gasteiger partial charge in [0, 0.05) is 12.7 Å². The summed E-state index contributed by atoms with van der Waals surface area (Å²) in [6.07, 6.45) is 6.90. The van der Waals surface area contributed by atoms with E-state index in [2.05, 4.69) is 48.1 Å². The van der Waals surface area contributed by atoms with E-state index in [4.69, 9.17) is 0 Å². The van der Waals surface area contributed by atoms with Crippen LogP contribution in [0.2, 0.25) is 0 Å². The maximum atomic E-state index is 4.60. The number of unbranched alkanes of at least 4 members (excludes halogenated alkanes) is 1. The lowest BCUT2D eigenvalue weighted by atomic mass is 10.2. The fraction of sp³-hybridized carbons (Fsp3) is 0.769. The second-order valence-corrected chi connectivity index (χ2v) is 4.29. The van der Waals surface area contributed by atoms with Crippen molar-refractivity contribution >= 4 is 0 Å². The van der Waals surface area contributed by atoms with Crippen LogP contribution in [0.15, 0.2) is 12.3 Å². The van der Waals surface area contributed by atoms with Crippen LogP contribution in [-0.2, 0) is 6.54 Å². The fourth-order valence-corrected chi connectivity index (χ4v) is 1.86. The predicted molar refractivity (Wildman–Crippen MR) is 68.5 cm³/mol. The molecule has 92 valence electrons. The topological polar surface area (TPSA) is 29.9 Å². The van der Waals surface area contributed by atoms with Gasteiger partial charge >= 0.3 is 0 Å². The first-order valence-corrected chi connectivity index (χ1v) is 6.56. The molecule has 0 radical (unpaired) electrons. The molecule has 1 aromatic rings. The summed E-state index contributed by atoms with van der Waals surface area (Å²) in [5.41, 5.74) is 1.16. The molecule has 1 N–H and O–H groups in total. The number of aromatic nitrogens is 2. The van der Waals surface area contributed by atoms with Crippen molar-refractivity contribution in [3.63, 3.8) is 0 Å². The van der Waals surface area contributed by atoms with Crippen molar-refractivity contribution in [2.24, 2.45) is 0 Å². The smallest absolute Gasteiger partial charge is 0.0762 e. The molecule has 0 fully saturated rings. The molecule has 3 nitrogen and oxygen atoms in total. The second kappa shape index (κ2) is 7.44. The van der Waals surface area contributed by atoms with Crippen LogP contribution in [0.1, 0.15) is 58.2 Å². The molecule has 0 aliphatic heterocycles. The molecule has 1 rings (SSSR count). The van der Waals surface area contributed by atoms with Crippen LogP contribution in [0, 0.1) is 0 Å². The molecule has 3 heteroatoms. The minimum atomic E-state index is 0.560. The molecule has 0 saturated heterocycles. The first-order chi connectivity index (χ1) is 7.81. The minimum Gasteiger partial charge on any atom is -0.311 e. The lowest BCUT2D eigenvalue weighted by Crippen LogP contribution is -2.15. The number of nitrogens with one attached hydrogen (secondary N) is 1. The monoisotopic (exact) mass is 223 g/mol. The quantitative estimate of drug-likeness (QED) is 0.686. The first-order valence-electron chi connectivity index (χ1n) is 6.56. The Morgan fingerprint density at radius 2 is 2.06 bits per heavy atom. The number of rotatable bonds is 8. The molecule has 0 aromatic carbocycles. The van der Waals surface area contributed by atoms with Gasteiger partial charge in [-0.1, -0.05) is 27.2 Å². The summed E-state index contributed by atoms with van der Waals surface area (Å²) in [6.45, 7) is 8.63. The van der Waals surface area contributed by atoms with Gasteiger partial charge in [0.1, 0.15) is 0 Å². The van der Waals surface area contributed by atoms with Gasteiger partial charge in [-0.25, -0.2) is 0 Å². The van der Waals surface area contributed by atoms with Crippen molar-refractivity contribution in [1.29, 1.82) is 0 Å². The maximum Gasteiger partial charge on any atom is 0.0762 e. The van der Waals surface area contributed by atoms with Gasteiger partial charge in [-0.2, -0.15) is 5.10 Å². The molecule has 0 aliphatic rings. The SMILES string of the molecule is CCCCNCc1ccn(C(CC)CC)n1. The Balaban J connectivity index is 2.38. The molecule has 16 heavy (non-hydrogen) atoms. The van der Waals surface area contributed by atoms with E-state index in [-0.39, 0.29) is 0 Å². The molecular weight excluding hydrogens is 198 g/mol. The molecule has 0 atom stereocenters. The molecule has 0 bridgehead atoms. The number of nitrogens with zero attached hydrogens (tertiary/aromatic N) is 2. The summed E-state index contributed by atoms with van der Waals surface area (Å²) < 4.78 is 2.11. The van der Waals surface area contributed by atoms with E-state index in [9.17, 15) is 0 Å². The molecular formula is C13H25N3. The summed E-state index contributed by atoms with van der Waals surface area (Å²) in [7, 11) is 0. The number of hydrogen-bond acceptors (Lipinski definition) is 2. The summed E-state index contributed by atoms with van der Waals surface area (Å²) in [5.74, 6) is 0. The van der Waals surface area contributed by atoms with Gasteiger partial charge in [0.25, 0.3) is 0 Å². The Hall–Kier alpha value is -0.830. The highest BCUT2D eigenvalue weighted by molar-refractivity contribution is 4.99. The van der Waals surface area contributed by atoms with Crippen LogP contribution in [0.4, 0.5) is 0 Å². The Labute approximate surface area is 99.2 Å². The van der Waals surface area contributed by atoms with Crippen LogP contribution in [0.5, 0.6) is 0 Å². The van der Waals surface area contributed by atoms with Crippen molar-refractivity contribution in [2.45, 2.75) is 59.0 Å². The average Bonchev–Trinajstić information content (AvgIpc) is 2.75. The summed E-state index contributed by atoms with van der Waals surface area (Å²) in [4.78, 5) is 0. The van der Waals surface area contributed by atoms with Crippen molar-refractivity contribution in [2.75, 3.05) is 6.54 Å². The lowest BCUT2D eigenvalue weighted by Gasteiger charge is -2.12. The van der Waals surface area contributed by atoms with E-state index in [0.29, 0.717) is 6.04 Å². The molecule has 0 aliphatic carbocycles. The second-order valence-electron chi connectivity index (χ2n) is 4.29. The summed E-state index contributed by atoms with van der Waals surface area (Å²) in [6, 6.07) is 2.68. The summed E-state index contributed by atoms with van der Waals surface area (Å²) >= 11 is 0. The van der Waals surface area contributed by atoms with Crippen molar-refractivity contribution in [1.82, 2.24) is 15.1 Å². The molecule has 1 aromatic heterocycles. The third-order valence-electron chi connectivity index (χ3n) is 2.99. The van der Waals surface area contributed by atoms with Crippen LogP contribution in [-0.4, -0.2) is 16.3 Å². The van der Waals surface area contributed by atoms with E-state index >= 15 is 0 Å². The van der Waals surface area contributed by atoms with E-state index < -0.39 is 0 Å². The standard InChI is InChI=1S/C13H25N3/c1-4-7-9-14-11-12-8-10-16(15-12)13(5-2)6-3/h8,10,13-14H,4-7,9,11H2,1-3H3. The zero-order chi connectivity index (χ0) is 11.8. The Kier molecular flexibility index (Phi) is 6.16. The Bertz CT molecular complexity index is 276. The highest BCUT2D eigenvalue weighted by Gasteiger charge is 2.07. The predicted octanol–water partition coefficient (Wildman–Crippen LogP) is 3.13. The molecule has 0 amide bonds. The maximum absolute atomic E-state index is 4.60. The molecule has 0 spiro atoms. The molecule has 0 unspecified atom stereocenters. The van der Waals surface area contributed by atoms with Gasteiger partial charge < -0.3 is 5.32 Å². The van der Waals surface area contributed by atoms with Crippen molar-refractivity contribution in [3.05, 3.63) is 18.0 Å². The lowest BCUT2D eigenvalue weighted by molar-refractivity contribution is 0.424. The van der Waals surface area contributed by atoms with Crippen LogP contribution < -0.4 is 5.32 Å². The van der Waals surface area contributed by atoms with Crippen LogP contribution in [0.3, 0.4) is 0 Å². The third-order valence-corrected chi connectivity index (χ3v) is 2.99. The Morgan fingerprint density at radius 1 is 1.31 bits per heavy atom. The summed E-state index contributed by atoms with van der Waals surface area (Å²) in [5, 5.41) is 8.02. The Morgan fingerprint density at radius 3 is 2.69 bits per heavy atom. The largest absolute Gasteiger partial charge is 0.311 e. The zero-order valence-electron chi connectivity index (χ0n) is 10.9. The van der Waals surface area contributed by atoms with E-state index in [1.54, 1.807) is 0 Å². The van der Waals surface area contributed by atoms with Gasteiger partial charge in [0.05, 0.1) is 11.7 Å². The highest BCUT2D eigenvalue weighted by Crippen LogP contribution is 2.14. The van der Waals surface area contributed by atoms with E-state index in [1.165, 1.54) is 12.8 Å². The molecule has 1 heterocycles. The van der Waals surface area contributed by atoms with Gasteiger partial charge in [0.2, 0.25) is 0 Å². The zero-order valence-corrected chi connectivity index (χ0v) is 10.9. The average molecular weight is 223 g/mol. The minimum absolute atomic E-state index is 0.560. The number of hydrogen-bond donors (Lipinski definition) is 1. The van der Waals surface area contributed by atoms with Gasteiger partial charge in [-0.3, -0.25) is 4.68 Å². The first kappa shape index (κ1) is 13.2. The van der Waals surface area contributed by atoms with E-state index in [0.717, 1.165) is 31.6 Å². The van der Waals surface area contributed by atoms with Gasteiger partial charge in [-0.15, -0.1) is 0 Å². The van der Waals surface area contributed by atoms with Crippen molar-refractivity contribution in [3.8, 4) is 0 Å². The third kappa shape index (κ3) is 3.97. The fourth-order valence-electron chi connectivity index (χ4n) is 1.86. The van der Waals surface area contributed by atoms with Gasteiger partial charge in [0.15, 0.2) is 0 Å². The highest BCUT2D eigenvalue weighted by atomic mass is 15.3. The molecule has 0 saturated carbocycles. The van der Waals surface area contributed by atoms with Gasteiger partial charge in [-0.05, 0) is 31.9 Å².